The lowest BCUT2D eigenvalue weighted by Gasteiger charge is -2.15. The number of aryl methyl sites for hydroxylation is 1. The molecule has 90 valence electrons. The van der Waals surface area contributed by atoms with Crippen LogP contribution in [0.4, 0.5) is 0 Å². The summed E-state index contributed by atoms with van der Waals surface area (Å²) in [4.78, 5) is 15.6. The van der Waals surface area contributed by atoms with Crippen molar-refractivity contribution >= 4 is 5.91 Å². The highest BCUT2D eigenvalue weighted by Gasteiger charge is 2.16. The highest BCUT2D eigenvalue weighted by Crippen LogP contribution is 1.98. The van der Waals surface area contributed by atoms with Crippen molar-refractivity contribution in [1.82, 2.24) is 14.9 Å². The fourth-order valence-electron chi connectivity index (χ4n) is 1.36. The van der Waals surface area contributed by atoms with E-state index in [9.17, 15) is 4.79 Å². The van der Waals surface area contributed by atoms with Gasteiger partial charge in [-0.3, -0.25) is 4.79 Å². The molecule has 1 rings (SSSR count). The predicted molar refractivity (Wildman–Crippen MR) is 62.8 cm³/mol. The standard InChI is InChI=1S/C11H20N4O/c1-8(2)10(12)11(16)14-5-7-15-6-4-13-9(15)3/h4,6,8,10H,5,7,12H2,1-3H3,(H,14,16)/t10-/m1/s1. The average molecular weight is 224 g/mol. The third-order valence-electron chi connectivity index (χ3n) is 2.60. The van der Waals surface area contributed by atoms with Crippen molar-refractivity contribution < 1.29 is 4.79 Å². The lowest BCUT2D eigenvalue weighted by Crippen LogP contribution is -2.44. The van der Waals surface area contributed by atoms with Crippen LogP contribution in [0.1, 0.15) is 19.7 Å². The Hall–Kier alpha value is -1.36. The summed E-state index contributed by atoms with van der Waals surface area (Å²) in [5.74, 6) is 1.02. The van der Waals surface area contributed by atoms with E-state index in [1.54, 1.807) is 6.20 Å². The molecule has 1 aromatic rings. The number of imidazole rings is 1. The van der Waals surface area contributed by atoms with Crippen molar-refractivity contribution in [2.75, 3.05) is 6.54 Å². The molecule has 3 N–H and O–H groups in total. The van der Waals surface area contributed by atoms with Crippen LogP contribution in [-0.2, 0) is 11.3 Å². The molecule has 0 spiro atoms. The zero-order valence-corrected chi connectivity index (χ0v) is 10.1. The molecule has 0 aliphatic heterocycles. The predicted octanol–water partition coefficient (Wildman–Crippen LogP) is 0.291. The number of carbonyl (C=O) groups is 1. The summed E-state index contributed by atoms with van der Waals surface area (Å²) in [5.41, 5.74) is 5.72. The molecule has 5 heteroatoms. The summed E-state index contributed by atoms with van der Waals surface area (Å²) in [6, 6.07) is -0.427. The molecule has 0 aromatic carbocycles. The van der Waals surface area contributed by atoms with Crippen molar-refractivity contribution in [3.8, 4) is 0 Å². The van der Waals surface area contributed by atoms with Crippen LogP contribution in [0, 0.1) is 12.8 Å². The molecule has 0 aliphatic rings. The monoisotopic (exact) mass is 224 g/mol. The maximum absolute atomic E-state index is 11.5. The largest absolute Gasteiger partial charge is 0.353 e. The molecule has 0 saturated carbocycles. The fraction of sp³-hybridized carbons (Fsp3) is 0.636. The molecule has 0 aliphatic carbocycles. The van der Waals surface area contributed by atoms with Crippen LogP contribution in [-0.4, -0.2) is 28.0 Å². The minimum atomic E-state index is -0.427. The van der Waals surface area contributed by atoms with Crippen molar-refractivity contribution in [2.45, 2.75) is 33.4 Å². The number of rotatable bonds is 5. The Morgan fingerprint density at radius 3 is 2.81 bits per heavy atom. The number of amides is 1. The molecule has 1 aromatic heterocycles. The van der Waals surface area contributed by atoms with E-state index >= 15 is 0 Å². The van der Waals surface area contributed by atoms with Gasteiger partial charge in [0.1, 0.15) is 5.82 Å². The molecule has 0 fully saturated rings. The average Bonchev–Trinajstić information content (AvgIpc) is 2.63. The van der Waals surface area contributed by atoms with Crippen molar-refractivity contribution in [2.24, 2.45) is 11.7 Å². The van der Waals surface area contributed by atoms with Gasteiger partial charge in [0.05, 0.1) is 6.04 Å². The lowest BCUT2D eigenvalue weighted by molar-refractivity contribution is -0.123. The second-order valence-electron chi connectivity index (χ2n) is 4.23. The van der Waals surface area contributed by atoms with Gasteiger partial charge < -0.3 is 15.6 Å². The van der Waals surface area contributed by atoms with Gasteiger partial charge in [-0.1, -0.05) is 13.8 Å². The first-order chi connectivity index (χ1) is 7.52. The number of hydrogen-bond donors (Lipinski definition) is 2. The fourth-order valence-corrected chi connectivity index (χ4v) is 1.36. The van der Waals surface area contributed by atoms with Crippen LogP contribution in [0.15, 0.2) is 12.4 Å². The molecular weight excluding hydrogens is 204 g/mol. The van der Waals surface area contributed by atoms with E-state index in [1.807, 2.05) is 31.5 Å². The summed E-state index contributed by atoms with van der Waals surface area (Å²) < 4.78 is 1.99. The van der Waals surface area contributed by atoms with Gasteiger partial charge in [-0.05, 0) is 12.8 Å². The van der Waals surface area contributed by atoms with E-state index in [4.69, 9.17) is 5.73 Å². The number of nitrogens with zero attached hydrogens (tertiary/aromatic N) is 2. The Balaban J connectivity index is 2.31. The van der Waals surface area contributed by atoms with Crippen LogP contribution >= 0.6 is 0 Å². The van der Waals surface area contributed by atoms with Gasteiger partial charge in [0.25, 0.3) is 0 Å². The molecule has 5 nitrogen and oxygen atoms in total. The summed E-state index contributed by atoms with van der Waals surface area (Å²) >= 11 is 0. The van der Waals surface area contributed by atoms with Crippen LogP contribution in [0.2, 0.25) is 0 Å². The normalized spacial score (nSPS) is 12.8. The Bertz CT molecular complexity index is 346. The minimum Gasteiger partial charge on any atom is -0.353 e. The molecule has 1 heterocycles. The first-order valence-electron chi connectivity index (χ1n) is 5.53. The highest BCUT2D eigenvalue weighted by molar-refractivity contribution is 5.81. The van der Waals surface area contributed by atoms with E-state index in [0.29, 0.717) is 6.54 Å². The van der Waals surface area contributed by atoms with Crippen molar-refractivity contribution in [3.63, 3.8) is 0 Å². The first kappa shape index (κ1) is 12.7. The Labute approximate surface area is 96.0 Å². The summed E-state index contributed by atoms with van der Waals surface area (Å²) in [5, 5.41) is 2.82. The SMILES string of the molecule is Cc1nccn1CCNC(=O)[C@H](N)C(C)C. The lowest BCUT2D eigenvalue weighted by atomic mass is 10.1. The topological polar surface area (TPSA) is 72.9 Å². The van der Waals surface area contributed by atoms with E-state index in [1.165, 1.54) is 0 Å². The second-order valence-corrected chi connectivity index (χ2v) is 4.23. The highest BCUT2D eigenvalue weighted by atomic mass is 16.2. The van der Waals surface area contributed by atoms with Crippen LogP contribution in [0.25, 0.3) is 0 Å². The maximum atomic E-state index is 11.5. The smallest absolute Gasteiger partial charge is 0.237 e. The van der Waals surface area contributed by atoms with Gasteiger partial charge in [0, 0.05) is 25.5 Å². The third kappa shape index (κ3) is 3.34. The summed E-state index contributed by atoms with van der Waals surface area (Å²) in [6.07, 6.45) is 3.64. The van der Waals surface area contributed by atoms with Crippen LogP contribution in [0.5, 0.6) is 0 Å². The number of carbonyl (C=O) groups excluding carboxylic acids is 1. The summed E-state index contributed by atoms with van der Waals surface area (Å²) in [7, 11) is 0. The maximum Gasteiger partial charge on any atom is 0.237 e. The Morgan fingerprint density at radius 2 is 2.31 bits per heavy atom. The number of aromatic nitrogens is 2. The van der Waals surface area contributed by atoms with E-state index < -0.39 is 6.04 Å². The van der Waals surface area contributed by atoms with E-state index in [-0.39, 0.29) is 11.8 Å². The summed E-state index contributed by atoms with van der Waals surface area (Å²) in [6.45, 7) is 7.11. The van der Waals surface area contributed by atoms with Crippen molar-refractivity contribution in [1.29, 1.82) is 0 Å². The van der Waals surface area contributed by atoms with E-state index in [2.05, 4.69) is 10.3 Å². The van der Waals surface area contributed by atoms with Gasteiger partial charge in [0.2, 0.25) is 5.91 Å². The first-order valence-corrected chi connectivity index (χ1v) is 5.53. The van der Waals surface area contributed by atoms with E-state index in [0.717, 1.165) is 12.4 Å². The third-order valence-corrected chi connectivity index (χ3v) is 2.60. The zero-order valence-electron chi connectivity index (χ0n) is 10.1. The molecule has 0 unspecified atom stereocenters. The molecule has 0 radical (unpaired) electrons. The van der Waals surface area contributed by atoms with Gasteiger partial charge in [-0.15, -0.1) is 0 Å². The quantitative estimate of drug-likeness (QED) is 0.755. The van der Waals surface area contributed by atoms with Crippen LogP contribution in [0.3, 0.4) is 0 Å². The number of hydrogen-bond acceptors (Lipinski definition) is 3. The molecule has 0 bridgehead atoms. The van der Waals surface area contributed by atoms with Gasteiger partial charge >= 0.3 is 0 Å². The molecule has 16 heavy (non-hydrogen) atoms. The van der Waals surface area contributed by atoms with Crippen LogP contribution < -0.4 is 11.1 Å². The Kier molecular flexibility index (Phi) is 4.49. The van der Waals surface area contributed by atoms with Gasteiger partial charge in [-0.25, -0.2) is 4.98 Å². The Morgan fingerprint density at radius 1 is 1.62 bits per heavy atom. The molecule has 1 atom stereocenters. The van der Waals surface area contributed by atoms with Crippen molar-refractivity contribution in [3.05, 3.63) is 18.2 Å². The molecular formula is C11H20N4O. The minimum absolute atomic E-state index is 0.0900. The zero-order chi connectivity index (χ0) is 12.1. The second kappa shape index (κ2) is 5.65. The molecule has 0 saturated heterocycles. The number of nitrogens with one attached hydrogen (secondary N) is 1. The molecule has 1 amide bonds. The number of nitrogens with two attached hydrogens (primary N) is 1. The van der Waals surface area contributed by atoms with Gasteiger partial charge in [-0.2, -0.15) is 0 Å². The van der Waals surface area contributed by atoms with Gasteiger partial charge in [0.15, 0.2) is 0 Å².